The predicted molar refractivity (Wildman–Crippen MR) is 130 cm³/mol. The van der Waals surface area contributed by atoms with Gasteiger partial charge in [0, 0.05) is 13.1 Å². The van der Waals surface area contributed by atoms with E-state index in [4.69, 9.17) is 9.47 Å². The van der Waals surface area contributed by atoms with Crippen molar-refractivity contribution in [2.24, 2.45) is 0 Å². The van der Waals surface area contributed by atoms with Crippen LogP contribution in [-0.2, 0) is 4.79 Å². The van der Waals surface area contributed by atoms with E-state index in [9.17, 15) is 4.79 Å². The third-order valence-corrected chi connectivity index (χ3v) is 5.84. The zero-order valence-electron chi connectivity index (χ0n) is 18.6. The van der Waals surface area contributed by atoms with Crippen LogP contribution in [0.1, 0.15) is 25.3 Å². The highest BCUT2D eigenvalue weighted by molar-refractivity contribution is 7.22. The van der Waals surface area contributed by atoms with Gasteiger partial charge in [0.25, 0.3) is 5.91 Å². The Morgan fingerprint density at radius 3 is 2.35 bits per heavy atom. The largest absolute Gasteiger partial charge is 0.497 e. The lowest BCUT2D eigenvalue weighted by Crippen LogP contribution is -2.39. The van der Waals surface area contributed by atoms with E-state index >= 15 is 0 Å². The maximum atomic E-state index is 13.0. The van der Waals surface area contributed by atoms with Gasteiger partial charge in [0.05, 0.1) is 17.3 Å². The van der Waals surface area contributed by atoms with Crippen LogP contribution >= 0.6 is 23.7 Å². The molecule has 0 aliphatic heterocycles. The number of likely N-dealkylation sites (N-methyl/N-ethyl adjacent to an activating group) is 1. The third-order valence-electron chi connectivity index (χ3n) is 4.80. The Bertz CT molecular complexity index is 989. The number of rotatable bonds is 9. The van der Waals surface area contributed by atoms with Gasteiger partial charge in [-0.3, -0.25) is 9.69 Å². The maximum Gasteiger partial charge on any atom is 0.266 e. The number of methoxy groups -OCH3 is 1. The minimum Gasteiger partial charge on any atom is -0.497 e. The van der Waals surface area contributed by atoms with Crippen LogP contribution in [0, 0.1) is 0 Å². The lowest BCUT2D eigenvalue weighted by atomic mass is 10.0. The van der Waals surface area contributed by atoms with Crippen LogP contribution in [0.25, 0.3) is 10.2 Å². The maximum absolute atomic E-state index is 13.0. The molecule has 2 aromatic carbocycles. The lowest BCUT2D eigenvalue weighted by molar-refractivity contribution is -0.120. The van der Waals surface area contributed by atoms with Gasteiger partial charge in [0.15, 0.2) is 11.7 Å². The molecule has 8 heteroatoms. The van der Waals surface area contributed by atoms with Gasteiger partial charge in [-0.25, -0.2) is 4.98 Å². The molecule has 0 bridgehead atoms. The van der Waals surface area contributed by atoms with Gasteiger partial charge in [0.1, 0.15) is 11.5 Å². The average Bonchev–Trinajstić information content (AvgIpc) is 3.15. The first-order valence-corrected chi connectivity index (χ1v) is 10.8. The minimum absolute atomic E-state index is 0. The highest BCUT2D eigenvalue weighted by Gasteiger charge is 2.21. The number of amides is 1. The first-order chi connectivity index (χ1) is 14.4. The summed E-state index contributed by atoms with van der Waals surface area (Å²) in [5.41, 5.74) is 2.09. The summed E-state index contributed by atoms with van der Waals surface area (Å²) in [6.45, 7) is 5.53. The molecule has 0 N–H and O–H groups in total. The molecule has 0 saturated heterocycles. The van der Waals surface area contributed by atoms with Crippen molar-refractivity contribution >= 4 is 45.0 Å². The first kappa shape index (κ1) is 24.9. The van der Waals surface area contributed by atoms with E-state index < -0.39 is 0 Å². The van der Waals surface area contributed by atoms with Crippen LogP contribution < -0.4 is 14.4 Å². The van der Waals surface area contributed by atoms with Gasteiger partial charge in [-0.2, -0.15) is 0 Å². The van der Waals surface area contributed by atoms with Crippen molar-refractivity contribution in [3.05, 3.63) is 48.0 Å². The fraction of sp³-hybridized carbons (Fsp3) is 0.391. The summed E-state index contributed by atoms with van der Waals surface area (Å²) < 4.78 is 12.1. The summed E-state index contributed by atoms with van der Waals surface area (Å²) in [6, 6.07) is 13.6. The molecule has 1 amide bonds. The highest BCUT2D eigenvalue weighted by Crippen LogP contribution is 2.31. The van der Waals surface area contributed by atoms with Gasteiger partial charge >= 0.3 is 0 Å². The average molecular weight is 464 g/mol. The number of aromatic nitrogens is 1. The second-order valence-corrected chi connectivity index (χ2v) is 8.70. The number of benzene rings is 2. The topological polar surface area (TPSA) is 54.9 Å². The molecule has 3 aromatic rings. The molecule has 0 saturated carbocycles. The van der Waals surface area contributed by atoms with E-state index in [0.29, 0.717) is 23.3 Å². The van der Waals surface area contributed by atoms with Crippen molar-refractivity contribution in [3.63, 3.8) is 0 Å². The Hall–Kier alpha value is -2.35. The molecule has 0 atom stereocenters. The molecular formula is C23H30ClN3O3S. The van der Waals surface area contributed by atoms with Crippen molar-refractivity contribution in [1.82, 2.24) is 9.88 Å². The number of ether oxygens (including phenoxy) is 2. The number of fused-ring (bicyclic) bond motifs is 1. The van der Waals surface area contributed by atoms with Gasteiger partial charge in [-0.05, 0) is 55.9 Å². The monoisotopic (exact) mass is 463 g/mol. The number of nitrogens with zero attached hydrogens (tertiary/aromatic N) is 3. The summed E-state index contributed by atoms with van der Waals surface area (Å²) in [5.74, 6) is 1.81. The molecule has 31 heavy (non-hydrogen) atoms. The van der Waals surface area contributed by atoms with E-state index in [1.807, 2.05) is 61.5 Å². The van der Waals surface area contributed by atoms with Gasteiger partial charge in [-0.15, -0.1) is 12.4 Å². The molecule has 1 aromatic heterocycles. The summed E-state index contributed by atoms with van der Waals surface area (Å²) >= 11 is 1.48. The first-order valence-electron chi connectivity index (χ1n) is 10.00. The van der Waals surface area contributed by atoms with E-state index in [1.54, 1.807) is 12.0 Å². The molecule has 0 spiro atoms. The van der Waals surface area contributed by atoms with Crippen LogP contribution in [0.4, 0.5) is 5.13 Å². The number of halogens is 1. The van der Waals surface area contributed by atoms with Crippen LogP contribution in [0.5, 0.6) is 11.5 Å². The minimum atomic E-state index is -0.115. The number of hydrogen-bond acceptors (Lipinski definition) is 6. The van der Waals surface area contributed by atoms with Crippen molar-refractivity contribution in [3.8, 4) is 11.5 Å². The Morgan fingerprint density at radius 2 is 1.74 bits per heavy atom. The fourth-order valence-electron chi connectivity index (χ4n) is 2.93. The molecule has 6 nitrogen and oxygen atoms in total. The van der Waals surface area contributed by atoms with E-state index in [2.05, 4.69) is 18.8 Å². The molecule has 0 aliphatic rings. The van der Waals surface area contributed by atoms with Crippen LogP contribution in [-0.4, -0.2) is 56.7 Å². The highest BCUT2D eigenvalue weighted by atomic mass is 35.5. The molecule has 3 rings (SSSR count). The Balaban J connectivity index is 0.00000341. The van der Waals surface area contributed by atoms with Crippen molar-refractivity contribution in [2.75, 3.05) is 45.8 Å². The number of carbonyl (C=O) groups excluding carboxylic acids is 1. The van der Waals surface area contributed by atoms with Gasteiger partial charge < -0.3 is 14.4 Å². The smallest absolute Gasteiger partial charge is 0.266 e. The zero-order chi connectivity index (χ0) is 21.7. The second kappa shape index (κ2) is 11.3. The Morgan fingerprint density at radius 1 is 1.06 bits per heavy atom. The van der Waals surface area contributed by atoms with Crippen LogP contribution in [0.2, 0.25) is 0 Å². The number of thiazole rings is 1. The summed E-state index contributed by atoms with van der Waals surface area (Å²) in [6.07, 6.45) is 0. The quantitative estimate of drug-likeness (QED) is 0.455. The standard InChI is InChI=1S/C23H29N3O3S.ClH/c1-16(2)17-6-8-18(9-7-17)29-15-22(27)26(13-12-25(3)4)23-24-20-11-10-19(28-5)14-21(20)30-23;/h6-11,14,16H,12-13,15H2,1-5H3;1H. The Labute approximate surface area is 194 Å². The third kappa shape index (κ3) is 6.56. The number of anilines is 1. The molecule has 0 aliphatic carbocycles. The van der Waals surface area contributed by atoms with Gasteiger partial charge in [-0.1, -0.05) is 37.3 Å². The zero-order valence-corrected chi connectivity index (χ0v) is 20.3. The SMILES string of the molecule is COc1ccc2nc(N(CCN(C)C)C(=O)COc3ccc(C(C)C)cc3)sc2c1.Cl. The fourth-order valence-corrected chi connectivity index (χ4v) is 3.97. The van der Waals surface area contributed by atoms with Gasteiger partial charge in [0.2, 0.25) is 0 Å². The van der Waals surface area contributed by atoms with E-state index in [0.717, 1.165) is 22.5 Å². The summed E-state index contributed by atoms with van der Waals surface area (Å²) in [5, 5.41) is 0.670. The van der Waals surface area contributed by atoms with Crippen molar-refractivity contribution < 1.29 is 14.3 Å². The predicted octanol–water partition coefficient (Wildman–Crippen LogP) is 4.82. The molecule has 1 heterocycles. The van der Waals surface area contributed by atoms with E-state index in [1.165, 1.54) is 16.9 Å². The molecule has 0 unspecified atom stereocenters. The molecule has 0 radical (unpaired) electrons. The summed E-state index contributed by atoms with van der Waals surface area (Å²) in [7, 11) is 5.61. The van der Waals surface area contributed by atoms with E-state index in [-0.39, 0.29) is 24.9 Å². The summed E-state index contributed by atoms with van der Waals surface area (Å²) in [4.78, 5) is 21.4. The van der Waals surface area contributed by atoms with Crippen LogP contribution in [0.3, 0.4) is 0 Å². The number of carbonyl (C=O) groups is 1. The molecule has 0 fully saturated rings. The Kier molecular flexibility index (Phi) is 9.10. The van der Waals surface area contributed by atoms with Crippen molar-refractivity contribution in [1.29, 1.82) is 0 Å². The molecular weight excluding hydrogens is 434 g/mol. The van der Waals surface area contributed by atoms with Crippen molar-refractivity contribution in [2.45, 2.75) is 19.8 Å². The lowest BCUT2D eigenvalue weighted by Gasteiger charge is -2.22. The number of hydrogen-bond donors (Lipinski definition) is 0. The molecule has 168 valence electrons. The second-order valence-electron chi connectivity index (χ2n) is 7.69. The normalized spacial score (nSPS) is 10.9. The van der Waals surface area contributed by atoms with Crippen LogP contribution in [0.15, 0.2) is 42.5 Å².